The van der Waals surface area contributed by atoms with Crippen molar-refractivity contribution in [3.8, 4) is 5.75 Å². The molecule has 0 spiro atoms. The molecule has 0 atom stereocenters. The summed E-state index contributed by atoms with van der Waals surface area (Å²) in [6, 6.07) is 2.63. The Kier molecular flexibility index (Phi) is 4.90. The summed E-state index contributed by atoms with van der Waals surface area (Å²) in [6.07, 6.45) is 0. The molecule has 0 heterocycles. The van der Waals surface area contributed by atoms with Crippen LogP contribution in [0.2, 0.25) is 0 Å². The lowest BCUT2D eigenvalue weighted by Crippen LogP contribution is -1.94. The molecule has 0 bridgehead atoms. The standard InChI is InChI=1S/C6H4Br2IO6P/c7-3-1-4(8)6(9(10)11)5(2-3)15-16(12,13)14/h1-2H,(H2,12,13,14). The van der Waals surface area contributed by atoms with E-state index < -0.39 is 27.6 Å². The maximum atomic E-state index is 11.0. The quantitative estimate of drug-likeness (QED) is 0.384. The molecular formula is C6H4Br2IO6P. The molecule has 0 unspecified atom stereocenters. The molecule has 2 N–H and O–H groups in total. The van der Waals surface area contributed by atoms with Crippen LogP contribution in [0.25, 0.3) is 0 Å². The van der Waals surface area contributed by atoms with Crippen molar-refractivity contribution >= 4 is 59.5 Å². The van der Waals surface area contributed by atoms with Gasteiger partial charge in [0.2, 0.25) is 0 Å². The summed E-state index contributed by atoms with van der Waals surface area (Å²) in [6.45, 7) is 0. The first kappa shape index (κ1) is 14.5. The van der Waals surface area contributed by atoms with Crippen molar-refractivity contribution in [1.82, 2.24) is 0 Å². The SMILES string of the molecule is O=I(=O)c1c(Br)cc(Br)cc1OP(=O)(O)O. The molecule has 16 heavy (non-hydrogen) atoms. The van der Waals surface area contributed by atoms with Gasteiger partial charge in [-0.2, -0.15) is 0 Å². The normalized spacial score (nSPS) is 11.8. The van der Waals surface area contributed by atoms with E-state index in [1.165, 1.54) is 12.1 Å². The van der Waals surface area contributed by atoms with E-state index in [1.54, 1.807) is 0 Å². The highest BCUT2D eigenvalue weighted by molar-refractivity contribution is 14.2. The van der Waals surface area contributed by atoms with Gasteiger partial charge in [-0.05, 0) is 28.1 Å². The van der Waals surface area contributed by atoms with Crippen LogP contribution in [0.5, 0.6) is 5.75 Å². The van der Waals surface area contributed by atoms with Crippen molar-refractivity contribution in [3.05, 3.63) is 24.6 Å². The van der Waals surface area contributed by atoms with E-state index >= 15 is 0 Å². The molecule has 0 aromatic heterocycles. The third-order valence-electron chi connectivity index (χ3n) is 1.33. The van der Waals surface area contributed by atoms with Crippen LogP contribution in [-0.2, 0) is 10.7 Å². The number of rotatable bonds is 3. The molecule has 0 aliphatic heterocycles. The van der Waals surface area contributed by atoms with Gasteiger partial charge < -0.3 is 4.52 Å². The second-order valence-corrected chi connectivity index (χ2v) is 7.75. The number of phosphoric acid groups is 1. The number of halogens is 3. The van der Waals surface area contributed by atoms with Gasteiger partial charge >= 0.3 is 27.6 Å². The summed E-state index contributed by atoms with van der Waals surface area (Å²) in [5, 5.41) is 0. The van der Waals surface area contributed by atoms with Crippen LogP contribution in [0.3, 0.4) is 0 Å². The van der Waals surface area contributed by atoms with Crippen LogP contribution in [-0.4, -0.2) is 9.79 Å². The molecule has 0 fully saturated rings. The van der Waals surface area contributed by atoms with Crippen molar-refractivity contribution in [1.29, 1.82) is 0 Å². The molecule has 6 nitrogen and oxygen atoms in total. The minimum absolute atomic E-state index is 0.195. The first-order chi connectivity index (χ1) is 7.20. The predicted molar refractivity (Wildman–Crippen MR) is 68.6 cm³/mol. The zero-order valence-electron chi connectivity index (χ0n) is 7.26. The van der Waals surface area contributed by atoms with Gasteiger partial charge in [0, 0.05) is 8.95 Å². The van der Waals surface area contributed by atoms with Gasteiger partial charge in [-0.3, -0.25) is 9.79 Å². The Labute approximate surface area is 114 Å². The molecule has 0 aliphatic rings. The van der Waals surface area contributed by atoms with Gasteiger partial charge in [-0.1, -0.05) is 15.9 Å². The fourth-order valence-corrected chi connectivity index (χ4v) is 4.73. The smallest absolute Gasteiger partial charge is 0.403 e. The minimum atomic E-state index is -4.79. The summed E-state index contributed by atoms with van der Waals surface area (Å²) >= 11 is 2.11. The number of hydrogen-bond acceptors (Lipinski definition) is 4. The molecular weight excluding hydrogens is 486 g/mol. The summed E-state index contributed by atoms with van der Waals surface area (Å²) in [7, 11) is -4.79. The molecule has 0 saturated heterocycles. The Hall–Kier alpha value is 0.460. The van der Waals surface area contributed by atoms with Crippen molar-refractivity contribution < 1.29 is 25.0 Å². The van der Waals surface area contributed by atoms with Crippen molar-refractivity contribution in [2.75, 3.05) is 0 Å². The first-order valence-electron chi connectivity index (χ1n) is 3.50. The average molecular weight is 490 g/mol. The van der Waals surface area contributed by atoms with Gasteiger partial charge in [0.05, 0.1) is 0 Å². The van der Waals surface area contributed by atoms with Gasteiger partial charge in [-0.15, -0.1) is 0 Å². The van der Waals surface area contributed by atoms with E-state index in [2.05, 4.69) is 36.4 Å². The van der Waals surface area contributed by atoms with Crippen LogP contribution >= 0.6 is 59.5 Å². The van der Waals surface area contributed by atoms with Gasteiger partial charge in [0.25, 0.3) is 0 Å². The zero-order valence-corrected chi connectivity index (χ0v) is 13.5. The van der Waals surface area contributed by atoms with Crippen LogP contribution < -0.4 is 4.52 Å². The summed E-state index contributed by atoms with van der Waals surface area (Å²) in [5.41, 5.74) is 0. The third kappa shape index (κ3) is 4.04. The Bertz CT molecular complexity index is 528. The summed E-state index contributed by atoms with van der Waals surface area (Å²) < 4.78 is 37.3. The molecule has 10 heteroatoms. The molecule has 1 aromatic carbocycles. The first-order valence-corrected chi connectivity index (χ1v) is 9.46. The van der Waals surface area contributed by atoms with Gasteiger partial charge in [0.1, 0.15) is 3.57 Å². The van der Waals surface area contributed by atoms with Crippen LogP contribution in [0.1, 0.15) is 0 Å². The van der Waals surface area contributed by atoms with E-state index in [-0.39, 0.29) is 13.8 Å². The highest BCUT2D eigenvalue weighted by atomic mass is 127. The van der Waals surface area contributed by atoms with Crippen molar-refractivity contribution in [2.45, 2.75) is 0 Å². The monoisotopic (exact) mass is 488 g/mol. The Morgan fingerprint density at radius 2 is 1.81 bits per heavy atom. The summed E-state index contributed by atoms with van der Waals surface area (Å²) in [4.78, 5) is 17.3. The minimum Gasteiger partial charge on any atom is -0.403 e. The van der Waals surface area contributed by atoms with E-state index in [9.17, 15) is 10.7 Å². The van der Waals surface area contributed by atoms with E-state index in [4.69, 9.17) is 9.79 Å². The van der Waals surface area contributed by atoms with Crippen LogP contribution in [0, 0.1) is 3.57 Å². The van der Waals surface area contributed by atoms with E-state index in [1.807, 2.05) is 0 Å². The molecule has 1 aromatic rings. The lowest BCUT2D eigenvalue weighted by molar-refractivity contribution is 0.282. The highest BCUT2D eigenvalue weighted by Gasteiger charge is 2.22. The number of hydrogen-bond donors (Lipinski definition) is 2. The second-order valence-electron chi connectivity index (χ2n) is 2.50. The fourth-order valence-electron chi connectivity index (χ4n) is 0.877. The molecule has 1 rings (SSSR count). The topological polar surface area (TPSA) is 101 Å². The maximum Gasteiger partial charge on any atom is 0.524 e. The van der Waals surface area contributed by atoms with Crippen molar-refractivity contribution in [2.24, 2.45) is 0 Å². The van der Waals surface area contributed by atoms with E-state index in [0.29, 0.717) is 4.47 Å². The third-order valence-corrected chi connectivity index (χ3v) is 5.58. The second kappa shape index (κ2) is 5.40. The largest absolute Gasteiger partial charge is 0.524 e. The van der Waals surface area contributed by atoms with Crippen LogP contribution in [0.15, 0.2) is 21.1 Å². The Morgan fingerprint density at radius 1 is 1.25 bits per heavy atom. The fraction of sp³-hybridized carbons (Fsp3) is 0. The van der Waals surface area contributed by atoms with E-state index in [0.717, 1.165) is 0 Å². The highest BCUT2D eigenvalue weighted by Crippen LogP contribution is 2.44. The number of benzene rings is 1. The zero-order chi connectivity index (χ0) is 12.5. The average Bonchev–Trinajstić information content (AvgIpc) is 1.96. The Morgan fingerprint density at radius 3 is 2.25 bits per heavy atom. The lowest BCUT2D eigenvalue weighted by Gasteiger charge is -2.09. The Balaban J connectivity index is 3.41. The van der Waals surface area contributed by atoms with Gasteiger partial charge in [-0.25, -0.2) is 10.7 Å². The molecule has 0 aliphatic carbocycles. The lowest BCUT2D eigenvalue weighted by atomic mass is 10.3. The molecule has 0 radical (unpaired) electrons. The summed E-state index contributed by atoms with van der Waals surface area (Å²) in [5.74, 6) is -0.371. The van der Waals surface area contributed by atoms with Crippen molar-refractivity contribution in [3.63, 3.8) is 0 Å². The number of phosphoric ester groups is 1. The maximum absolute atomic E-state index is 11.0. The van der Waals surface area contributed by atoms with Gasteiger partial charge in [0.15, 0.2) is 5.75 Å². The molecule has 90 valence electrons. The predicted octanol–water partition coefficient (Wildman–Crippen LogP) is 3.05. The molecule has 0 amide bonds. The molecule has 0 saturated carbocycles. The van der Waals surface area contributed by atoms with Crippen LogP contribution in [0.4, 0.5) is 0 Å².